The summed E-state index contributed by atoms with van der Waals surface area (Å²) in [7, 11) is 0. The molecule has 20 heavy (non-hydrogen) atoms. The van der Waals surface area contributed by atoms with E-state index in [1.807, 2.05) is 13.8 Å². The van der Waals surface area contributed by atoms with Gasteiger partial charge in [0.1, 0.15) is 11.0 Å². The summed E-state index contributed by atoms with van der Waals surface area (Å²) in [6.07, 6.45) is 3.24. The summed E-state index contributed by atoms with van der Waals surface area (Å²) < 4.78 is 0. The molecule has 0 atom stereocenters. The van der Waals surface area contributed by atoms with Crippen molar-refractivity contribution < 1.29 is 4.79 Å². The molecule has 0 aromatic carbocycles. The van der Waals surface area contributed by atoms with E-state index in [1.54, 1.807) is 6.20 Å². The van der Waals surface area contributed by atoms with Gasteiger partial charge in [0.2, 0.25) is 5.91 Å². The Labute approximate surface area is 124 Å². The van der Waals surface area contributed by atoms with Gasteiger partial charge in [0.15, 0.2) is 0 Å². The Kier molecular flexibility index (Phi) is 5.14. The van der Waals surface area contributed by atoms with E-state index in [1.165, 1.54) is 6.20 Å². The van der Waals surface area contributed by atoms with Crippen LogP contribution in [0, 0.1) is 0 Å². The number of aromatic nitrogens is 2. The zero-order chi connectivity index (χ0) is 14.5. The number of nitrogens with one attached hydrogen (secondary N) is 1. The molecule has 0 unspecified atom stereocenters. The second-order valence-corrected chi connectivity index (χ2v) is 5.57. The number of piperazine rings is 1. The van der Waals surface area contributed by atoms with Crippen molar-refractivity contribution in [3.8, 4) is 0 Å². The number of rotatable bonds is 4. The van der Waals surface area contributed by atoms with E-state index in [0.717, 1.165) is 32.0 Å². The Bertz CT molecular complexity index is 460. The maximum Gasteiger partial charge on any atom is 0.234 e. The van der Waals surface area contributed by atoms with Crippen LogP contribution in [0.1, 0.15) is 13.8 Å². The highest BCUT2D eigenvalue weighted by Crippen LogP contribution is 2.14. The Morgan fingerprint density at radius 2 is 2.05 bits per heavy atom. The number of hydrogen-bond donors (Lipinski definition) is 1. The van der Waals surface area contributed by atoms with Gasteiger partial charge in [-0.3, -0.25) is 14.7 Å². The molecular weight excluding hydrogens is 278 g/mol. The monoisotopic (exact) mass is 297 g/mol. The quantitative estimate of drug-likeness (QED) is 0.890. The lowest BCUT2D eigenvalue weighted by molar-refractivity contribution is -0.122. The fourth-order valence-electron chi connectivity index (χ4n) is 2.19. The van der Waals surface area contributed by atoms with Crippen molar-refractivity contribution in [1.82, 2.24) is 20.2 Å². The molecule has 2 rings (SSSR count). The number of halogens is 1. The summed E-state index contributed by atoms with van der Waals surface area (Å²) in [5.74, 6) is 0.875. The summed E-state index contributed by atoms with van der Waals surface area (Å²) in [5.41, 5.74) is 0. The minimum Gasteiger partial charge on any atom is -0.353 e. The third-order valence-electron chi connectivity index (χ3n) is 3.11. The van der Waals surface area contributed by atoms with Gasteiger partial charge in [0.05, 0.1) is 18.9 Å². The highest BCUT2D eigenvalue weighted by Gasteiger charge is 2.20. The maximum atomic E-state index is 11.7. The fourth-order valence-corrected chi connectivity index (χ4v) is 2.33. The molecule has 1 N–H and O–H groups in total. The molecule has 1 aliphatic heterocycles. The molecule has 1 aromatic rings. The van der Waals surface area contributed by atoms with Gasteiger partial charge in [-0.15, -0.1) is 0 Å². The van der Waals surface area contributed by atoms with Crippen LogP contribution in [0.3, 0.4) is 0 Å². The third-order valence-corrected chi connectivity index (χ3v) is 3.29. The smallest absolute Gasteiger partial charge is 0.234 e. The van der Waals surface area contributed by atoms with Crippen molar-refractivity contribution in [2.24, 2.45) is 0 Å². The molecule has 6 nitrogen and oxygen atoms in total. The van der Waals surface area contributed by atoms with Gasteiger partial charge in [-0.05, 0) is 13.8 Å². The molecule has 1 aromatic heterocycles. The number of hydrogen-bond acceptors (Lipinski definition) is 5. The van der Waals surface area contributed by atoms with Gasteiger partial charge in [0.25, 0.3) is 0 Å². The standard InChI is InChI=1S/C13H20ClN5O/c1-10(2)16-13(20)9-18-3-5-19(6-4-18)12-8-15-7-11(14)17-12/h7-8,10H,3-6,9H2,1-2H3,(H,16,20). The molecule has 0 radical (unpaired) electrons. The Morgan fingerprint density at radius 3 is 2.65 bits per heavy atom. The number of amides is 1. The first kappa shape index (κ1) is 15.0. The van der Waals surface area contributed by atoms with Gasteiger partial charge in [-0.1, -0.05) is 11.6 Å². The highest BCUT2D eigenvalue weighted by molar-refractivity contribution is 6.29. The Morgan fingerprint density at radius 1 is 1.35 bits per heavy atom. The lowest BCUT2D eigenvalue weighted by atomic mass is 10.3. The zero-order valence-corrected chi connectivity index (χ0v) is 12.6. The number of carbonyl (C=O) groups is 1. The van der Waals surface area contributed by atoms with Gasteiger partial charge in [-0.2, -0.15) is 0 Å². The lowest BCUT2D eigenvalue weighted by Gasteiger charge is -2.34. The third kappa shape index (κ3) is 4.31. The average molecular weight is 298 g/mol. The molecule has 2 heterocycles. The van der Waals surface area contributed by atoms with Crippen LogP contribution in [0.15, 0.2) is 12.4 Å². The molecule has 1 fully saturated rings. The van der Waals surface area contributed by atoms with Crippen LogP contribution in [0.5, 0.6) is 0 Å². The summed E-state index contributed by atoms with van der Waals surface area (Å²) in [4.78, 5) is 24.3. The van der Waals surface area contributed by atoms with Crippen LogP contribution in [-0.2, 0) is 4.79 Å². The van der Waals surface area contributed by atoms with Crippen LogP contribution < -0.4 is 10.2 Å². The summed E-state index contributed by atoms with van der Waals surface area (Å²) in [6, 6.07) is 0.186. The van der Waals surface area contributed by atoms with Crippen molar-refractivity contribution in [2.75, 3.05) is 37.6 Å². The van der Waals surface area contributed by atoms with E-state index in [0.29, 0.717) is 11.7 Å². The maximum absolute atomic E-state index is 11.7. The molecule has 7 heteroatoms. The predicted octanol–water partition coefficient (Wildman–Crippen LogP) is 0.777. The van der Waals surface area contributed by atoms with Crippen LogP contribution >= 0.6 is 11.6 Å². The van der Waals surface area contributed by atoms with Crippen LogP contribution in [0.4, 0.5) is 5.82 Å². The van der Waals surface area contributed by atoms with Crippen LogP contribution in [0.2, 0.25) is 5.15 Å². The fraction of sp³-hybridized carbons (Fsp3) is 0.615. The Balaban J connectivity index is 1.82. The summed E-state index contributed by atoms with van der Waals surface area (Å²) >= 11 is 5.85. The van der Waals surface area contributed by atoms with Crippen molar-refractivity contribution in [3.05, 3.63) is 17.5 Å². The summed E-state index contributed by atoms with van der Waals surface area (Å²) in [6.45, 7) is 7.70. The van der Waals surface area contributed by atoms with E-state index in [4.69, 9.17) is 11.6 Å². The highest BCUT2D eigenvalue weighted by atomic mass is 35.5. The normalized spacial score (nSPS) is 16.5. The van der Waals surface area contributed by atoms with Crippen LogP contribution in [0.25, 0.3) is 0 Å². The van der Waals surface area contributed by atoms with Gasteiger partial charge >= 0.3 is 0 Å². The molecule has 0 bridgehead atoms. The average Bonchev–Trinajstić information content (AvgIpc) is 2.38. The van der Waals surface area contributed by atoms with E-state index < -0.39 is 0 Å². The minimum absolute atomic E-state index is 0.0796. The topological polar surface area (TPSA) is 61.4 Å². The number of anilines is 1. The van der Waals surface area contributed by atoms with Crippen molar-refractivity contribution in [1.29, 1.82) is 0 Å². The van der Waals surface area contributed by atoms with Gasteiger partial charge < -0.3 is 10.2 Å². The van der Waals surface area contributed by atoms with E-state index in [-0.39, 0.29) is 11.9 Å². The first-order valence-corrected chi connectivity index (χ1v) is 7.16. The zero-order valence-electron chi connectivity index (χ0n) is 11.8. The molecule has 1 amide bonds. The molecule has 0 aliphatic carbocycles. The number of carbonyl (C=O) groups excluding carboxylic acids is 1. The molecular formula is C13H20ClN5O. The first-order chi connectivity index (χ1) is 9.54. The van der Waals surface area contributed by atoms with E-state index in [2.05, 4.69) is 25.1 Å². The number of nitrogens with zero attached hydrogens (tertiary/aromatic N) is 4. The van der Waals surface area contributed by atoms with Crippen LogP contribution in [-0.4, -0.2) is 59.5 Å². The Hall–Kier alpha value is -1.40. The second kappa shape index (κ2) is 6.85. The van der Waals surface area contributed by atoms with Gasteiger partial charge in [0, 0.05) is 32.2 Å². The minimum atomic E-state index is 0.0796. The van der Waals surface area contributed by atoms with Crippen molar-refractivity contribution >= 4 is 23.3 Å². The van der Waals surface area contributed by atoms with Crippen molar-refractivity contribution in [3.63, 3.8) is 0 Å². The lowest BCUT2D eigenvalue weighted by Crippen LogP contribution is -2.50. The van der Waals surface area contributed by atoms with Crippen molar-refractivity contribution in [2.45, 2.75) is 19.9 Å². The second-order valence-electron chi connectivity index (χ2n) is 5.19. The first-order valence-electron chi connectivity index (χ1n) is 6.79. The molecule has 110 valence electrons. The largest absolute Gasteiger partial charge is 0.353 e. The van der Waals surface area contributed by atoms with Gasteiger partial charge in [-0.25, -0.2) is 4.98 Å². The SMILES string of the molecule is CC(C)NC(=O)CN1CCN(c2cncc(Cl)n2)CC1. The molecule has 0 spiro atoms. The molecule has 1 aliphatic rings. The van der Waals surface area contributed by atoms with E-state index in [9.17, 15) is 4.79 Å². The molecule has 0 saturated carbocycles. The molecule has 1 saturated heterocycles. The van der Waals surface area contributed by atoms with E-state index >= 15 is 0 Å². The summed E-state index contributed by atoms with van der Waals surface area (Å²) in [5, 5.41) is 3.31. The predicted molar refractivity (Wildman–Crippen MR) is 79.0 cm³/mol.